The Balaban J connectivity index is 2.74. The summed E-state index contributed by atoms with van der Waals surface area (Å²) in [6.07, 6.45) is 5.98. The second-order valence-electron chi connectivity index (χ2n) is 4.50. The second kappa shape index (κ2) is 4.43. The molecule has 0 amide bonds. The van der Waals surface area contributed by atoms with Crippen molar-refractivity contribution in [1.29, 1.82) is 0 Å². The molecule has 0 aliphatic heterocycles. The van der Waals surface area contributed by atoms with E-state index in [-0.39, 0.29) is 17.6 Å². The van der Waals surface area contributed by atoms with Gasteiger partial charge in [-0.2, -0.15) is 0 Å². The zero-order valence-electron chi connectivity index (χ0n) is 8.79. The molecule has 0 bridgehead atoms. The maximum atomic E-state index is 9.76. The quantitative estimate of drug-likeness (QED) is 0.648. The topological polar surface area (TPSA) is 40.5 Å². The molecule has 78 valence electrons. The van der Waals surface area contributed by atoms with Crippen LogP contribution in [0.3, 0.4) is 0 Å². The van der Waals surface area contributed by atoms with E-state index in [4.69, 9.17) is 0 Å². The summed E-state index contributed by atoms with van der Waals surface area (Å²) in [4.78, 5) is 0. The summed E-state index contributed by atoms with van der Waals surface area (Å²) < 4.78 is 0. The molecule has 2 unspecified atom stereocenters. The van der Waals surface area contributed by atoms with Gasteiger partial charge >= 0.3 is 0 Å². The van der Waals surface area contributed by atoms with Crippen LogP contribution in [0.15, 0.2) is 0 Å². The Labute approximate surface area is 81.0 Å². The molecule has 1 saturated carbocycles. The molecule has 2 N–H and O–H groups in total. The van der Waals surface area contributed by atoms with Crippen LogP contribution in [0.25, 0.3) is 0 Å². The number of hydrogen-bond donors (Lipinski definition) is 2. The van der Waals surface area contributed by atoms with E-state index in [2.05, 4.69) is 0 Å². The zero-order chi connectivity index (χ0) is 9.90. The first-order chi connectivity index (χ1) is 6.09. The van der Waals surface area contributed by atoms with Crippen LogP contribution in [0.1, 0.15) is 52.4 Å². The highest BCUT2D eigenvalue weighted by Gasteiger charge is 2.39. The summed E-state index contributed by atoms with van der Waals surface area (Å²) in [6.45, 7) is 3.64. The second-order valence-corrected chi connectivity index (χ2v) is 4.50. The highest BCUT2D eigenvalue weighted by atomic mass is 16.3. The van der Waals surface area contributed by atoms with Crippen molar-refractivity contribution in [2.24, 2.45) is 5.41 Å². The molecule has 0 aromatic rings. The van der Waals surface area contributed by atoms with Gasteiger partial charge in [0.15, 0.2) is 0 Å². The highest BCUT2D eigenvalue weighted by Crippen LogP contribution is 2.40. The van der Waals surface area contributed by atoms with Crippen LogP contribution >= 0.6 is 0 Å². The minimum absolute atomic E-state index is 0.226. The van der Waals surface area contributed by atoms with E-state index in [0.29, 0.717) is 0 Å². The molecular formula is C11H22O2. The van der Waals surface area contributed by atoms with E-state index in [1.54, 1.807) is 0 Å². The lowest BCUT2D eigenvalue weighted by Gasteiger charge is -2.38. The van der Waals surface area contributed by atoms with E-state index in [9.17, 15) is 10.2 Å². The maximum absolute atomic E-state index is 9.76. The van der Waals surface area contributed by atoms with E-state index in [0.717, 1.165) is 25.7 Å². The van der Waals surface area contributed by atoms with Gasteiger partial charge in [-0.3, -0.25) is 0 Å². The number of hydrogen-bond acceptors (Lipinski definition) is 2. The average molecular weight is 186 g/mol. The minimum atomic E-state index is -0.384. The first-order valence-electron chi connectivity index (χ1n) is 5.46. The van der Waals surface area contributed by atoms with Gasteiger partial charge in [-0.1, -0.05) is 25.7 Å². The SMILES string of the molecule is CC(O)C1(C(C)O)CCCCCC1. The van der Waals surface area contributed by atoms with Crippen molar-refractivity contribution in [3.05, 3.63) is 0 Å². The summed E-state index contributed by atoms with van der Waals surface area (Å²) in [5.74, 6) is 0. The molecule has 1 aliphatic carbocycles. The lowest BCUT2D eigenvalue weighted by Crippen LogP contribution is -2.42. The highest BCUT2D eigenvalue weighted by molar-refractivity contribution is 4.90. The predicted molar refractivity (Wildman–Crippen MR) is 53.5 cm³/mol. The maximum Gasteiger partial charge on any atom is 0.0592 e. The fourth-order valence-electron chi connectivity index (χ4n) is 2.57. The fourth-order valence-corrected chi connectivity index (χ4v) is 2.57. The van der Waals surface area contributed by atoms with Crippen LogP contribution in [0.5, 0.6) is 0 Å². The molecule has 0 aromatic carbocycles. The lowest BCUT2D eigenvalue weighted by molar-refractivity contribution is -0.0639. The van der Waals surface area contributed by atoms with E-state index in [1.807, 2.05) is 13.8 Å². The van der Waals surface area contributed by atoms with Gasteiger partial charge in [-0.15, -0.1) is 0 Å². The van der Waals surface area contributed by atoms with Gasteiger partial charge in [-0.25, -0.2) is 0 Å². The van der Waals surface area contributed by atoms with Crippen LogP contribution in [0, 0.1) is 5.41 Å². The Morgan fingerprint density at radius 2 is 1.23 bits per heavy atom. The van der Waals surface area contributed by atoms with Crippen molar-refractivity contribution in [2.75, 3.05) is 0 Å². The third kappa shape index (κ3) is 2.23. The normalized spacial score (nSPS) is 27.7. The van der Waals surface area contributed by atoms with Crippen molar-refractivity contribution in [3.63, 3.8) is 0 Å². The van der Waals surface area contributed by atoms with Gasteiger partial charge in [-0.05, 0) is 26.7 Å². The van der Waals surface area contributed by atoms with Crippen molar-refractivity contribution in [1.82, 2.24) is 0 Å². The third-order valence-electron chi connectivity index (χ3n) is 3.70. The number of aliphatic hydroxyl groups excluding tert-OH is 2. The summed E-state index contributed by atoms with van der Waals surface area (Å²) >= 11 is 0. The Morgan fingerprint density at radius 1 is 0.846 bits per heavy atom. The van der Waals surface area contributed by atoms with Crippen molar-refractivity contribution in [3.8, 4) is 0 Å². The average Bonchev–Trinajstić information content (AvgIpc) is 2.28. The molecule has 2 atom stereocenters. The Kier molecular flexibility index (Phi) is 3.74. The van der Waals surface area contributed by atoms with Crippen molar-refractivity contribution >= 4 is 0 Å². The van der Waals surface area contributed by atoms with Crippen LogP contribution in [-0.4, -0.2) is 22.4 Å². The van der Waals surface area contributed by atoms with Gasteiger partial charge in [0.2, 0.25) is 0 Å². The summed E-state index contributed by atoms with van der Waals surface area (Å²) in [6, 6.07) is 0. The van der Waals surface area contributed by atoms with Crippen LogP contribution in [0.4, 0.5) is 0 Å². The summed E-state index contributed by atoms with van der Waals surface area (Å²) in [5, 5.41) is 19.5. The molecule has 1 fully saturated rings. The van der Waals surface area contributed by atoms with Gasteiger partial charge in [0.25, 0.3) is 0 Å². The predicted octanol–water partition coefficient (Wildman–Crippen LogP) is 2.09. The molecule has 0 radical (unpaired) electrons. The molecule has 13 heavy (non-hydrogen) atoms. The van der Waals surface area contributed by atoms with E-state index < -0.39 is 0 Å². The van der Waals surface area contributed by atoms with Crippen LogP contribution in [0.2, 0.25) is 0 Å². The molecular weight excluding hydrogens is 164 g/mol. The smallest absolute Gasteiger partial charge is 0.0592 e. The first-order valence-corrected chi connectivity index (χ1v) is 5.46. The molecule has 1 rings (SSSR count). The van der Waals surface area contributed by atoms with Gasteiger partial charge in [0, 0.05) is 5.41 Å². The molecule has 2 heteroatoms. The van der Waals surface area contributed by atoms with Crippen molar-refractivity contribution in [2.45, 2.75) is 64.6 Å². The summed E-state index contributed by atoms with van der Waals surface area (Å²) in [7, 11) is 0. The van der Waals surface area contributed by atoms with Crippen LogP contribution < -0.4 is 0 Å². The molecule has 0 aromatic heterocycles. The first kappa shape index (κ1) is 11.0. The van der Waals surface area contributed by atoms with Gasteiger partial charge in [0.1, 0.15) is 0 Å². The van der Waals surface area contributed by atoms with Crippen LogP contribution in [-0.2, 0) is 0 Å². The third-order valence-corrected chi connectivity index (χ3v) is 3.70. The number of rotatable bonds is 2. The number of aliphatic hydroxyl groups is 2. The zero-order valence-corrected chi connectivity index (χ0v) is 8.79. The Bertz CT molecular complexity index is 134. The van der Waals surface area contributed by atoms with E-state index >= 15 is 0 Å². The fraction of sp³-hybridized carbons (Fsp3) is 1.00. The molecule has 0 heterocycles. The van der Waals surface area contributed by atoms with Gasteiger partial charge in [0.05, 0.1) is 12.2 Å². The largest absolute Gasteiger partial charge is 0.393 e. The minimum Gasteiger partial charge on any atom is -0.393 e. The Hall–Kier alpha value is -0.0800. The summed E-state index contributed by atoms with van der Waals surface area (Å²) in [5.41, 5.74) is -0.226. The van der Waals surface area contributed by atoms with Crippen molar-refractivity contribution < 1.29 is 10.2 Å². The van der Waals surface area contributed by atoms with E-state index in [1.165, 1.54) is 12.8 Å². The molecule has 2 nitrogen and oxygen atoms in total. The Morgan fingerprint density at radius 3 is 1.54 bits per heavy atom. The molecule has 0 saturated heterocycles. The standard InChI is InChI=1S/C11H22O2/c1-9(12)11(10(2)13)7-5-3-4-6-8-11/h9-10,12-13H,3-8H2,1-2H3. The molecule has 1 aliphatic rings. The monoisotopic (exact) mass is 186 g/mol. The lowest BCUT2D eigenvalue weighted by atomic mass is 9.72. The van der Waals surface area contributed by atoms with Gasteiger partial charge < -0.3 is 10.2 Å². The molecule has 0 spiro atoms.